The average Bonchev–Trinajstić information content (AvgIpc) is 2.36. The molecule has 70 valence electrons. The Balaban J connectivity index is 0.000000671. The van der Waals surface area contributed by atoms with E-state index in [1.807, 2.05) is 13.8 Å². The van der Waals surface area contributed by atoms with E-state index < -0.39 is 11.7 Å². The van der Waals surface area contributed by atoms with Crippen molar-refractivity contribution in [3.8, 4) is 0 Å². The third kappa shape index (κ3) is 2.37. The highest BCUT2D eigenvalue weighted by molar-refractivity contribution is 6.72. The first-order valence-electron chi connectivity index (χ1n) is 3.90. The molecule has 0 aromatic carbocycles. The number of nitrogens with one attached hydrogen (secondary N) is 1. The van der Waals surface area contributed by atoms with E-state index in [1.54, 1.807) is 0 Å². The molecule has 1 amide bonds. The van der Waals surface area contributed by atoms with Crippen LogP contribution >= 0.6 is 0 Å². The van der Waals surface area contributed by atoms with Crippen molar-refractivity contribution in [3.63, 3.8) is 0 Å². The van der Waals surface area contributed by atoms with Crippen molar-refractivity contribution in [2.75, 3.05) is 0 Å². The van der Waals surface area contributed by atoms with Crippen molar-refractivity contribution in [3.05, 3.63) is 25.1 Å². The Hall–Kier alpha value is -1.71. The molecule has 1 rings (SSSR count). The average molecular weight is 180 g/mol. The predicted molar refractivity (Wildman–Crippen MR) is 51.3 cm³/mol. The van der Waals surface area contributed by atoms with Gasteiger partial charge in [0.2, 0.25) is 0 Å². The van der Waals surface area contributed by atoms with E-state index in [-0.39, 0.29) is 11.4 Å². The van der Waals surface area contributed by atoms with E-state index in [4.69, 9.17) is 0 Å². The Labute approximate surface area is 77.0 Å². The van der Waals surface area contributed by atoms with E-state index >= 15 is 0 Å². The van der Waals surface area contributed by atoms with Gasteiger partial charge in [0.05, 0.1) is 5.70 Å². The summed E-state index contributed by atoms with van der Waals surface area (Å²) < 4.78 is 0. The molecule has 1 fully saturated rings. The number of nitrogens with zero attached hydrogens (tertiary/aromatic N) is 1. The maximum Gasteiger partial charge on any atom is 0.298 e. The van der Waals surface area contributed by atoms with Crippen LogP contribution in [0.2, 0.25) is 0 Å². The summed E-state index contributed by atoms with van der Waals surface area (Å²) in [7, 11) is 0. The second-order valence-electron chi connectivity index (χ2n) is 1.92. The largest absolute Gasteiger partial charge is 0.318 e. The maximum absolute atomic E-state index is 10.9. The zero-order valence-electron chi connectivity index (χ0n) is 7.76. The van der Waals surface area contributed by atoms with Crippen LogP contribution in [-0.2, 0) is 9.59 Å². The van der Waals surface area contributed by atoms with Crippen LogP contribution in [-0.4, -0.2) is 17.4 Å². The van der Waals surface area contributed by atoms with Crippen molar-refractivity contribution in [1.29, 1.82) is 0 Å². The SMILES string of the molecule is C=CN=C1C(=C)NC(=O)C1=O.CC. The summed E-state index contributed by atoms with van der Waals surface area (Å²) in [5.74, 6) is -1.34. The lowest BCUT2D eigenvalue weighted by Gasteiger charge is -1.88. The van der Waals surface area contributed by atoms with Gasteiger partial charge >= 0.3 is 0 Å². The quantitative estimate of drug-likeness (QED) is 0.607. The van der Waals surface area contributed by atoms with Gasteiger partial charge in [0.1, 0.15) is 5.71 Å². The fraction of sp³-hybridized carbons (Fsp3) is 0.222. The molecule has 0 radical (unpaired) electrons. The lowest BCUT2D eigenvalue weighted by atomic mass is 10.2. The molecule has 4 nitrogen and oxygen atoms in total. The fourth-order valence-electron chi connectivity index (χ4n) is 0.725. The van der Waals surface area contributed by atoms with Gasteiger partial charge < -0.3 is 5.32 Å². The molecule has 0 aromatic heterocycles. The van der Waals surface area contributed by atoms with E-state index in [0.29, 0.717) is 0 Å². The van der Waals surface area contributed by atoms with Crippen LogP contribution in [0, 0.1) is 0 Å². The first-order valence-corrected chi connectivity index (χ1v) is 3.90. The number of carbonyl (C=O) groups excluding carboxylic acids is 2. The highest BCUT2D eigenvalue weighted by Crippen LogP contribution is 2.02. The normalized spacial score (nSPS) is 18.0. The molecule has 0 saturated carbocycles. The molecule has 1 aliphatic heterocycles. The first kappa shape index (κ1) is 11.3. The molecule has 13 heavy (non-hydrogen) atoms. The number of allylic oxidation sites excluding steroid dienone is 1. The van der Waals surface area contributed by atoms with Crippen molar-refractivity contribution in [2.24, 2.45) is 4.99 Å². The number of Topliss-reactive ketones (excluding diaryl/α,β-unsaturated/α-hetero) is 1. The standard InChI is InChI=1S/C7H6N2O2.C2H6/c1-3-8-5-4(2)9-7(11)6(5)10;1-2/h3H,1-2H2,(H,9,11);1-2H3. The number of amides is 1. The Morgan fingerprint density at radius 3 is 2.23 bits per heavy atom. The topological polar surface area (TPSA) is 58.5 Å². The lowest BCUT2D eigenvalue weighted by molar-refractivity contribution is -0.132. The van der Waals surface area contributed by atoms with Crippen LogP contribution in [0.4, 0.5) is 0 Å². The van der Waals surface area contributed by atoms with Gasteiger partial charge in [-0.15, -0.1) is 0 Å². The molecular formula is C9H12N2O2. The molecule has 1 N–H and O–H groups in total. The number of aliphatic imine (C=N–C) groups is 1. The molecule has 0 aromatic rings. The molecule has 0 bridgehead atoms. The number of carbonyl (C=O) groups is 2. The molecule has 4 heteroatoms. The zero-order valence-corrected chi connectivity index (χ0v) is 7.76. The summed E-state index contributed by atoms with van der Waals surface area (Å²) in [5, 5.41) is 2.24. The van der Waals surface area contributed by atoms with Crippen LogP contribution in [0.25, 0.3) is 0 Å². The highest BCUT2D eigenvalue weighted by Gasteiger charge is 2.30. The molecular weight excluding hydrogens is 168 g/mol. The molecule has 0 spiro atoms. The summed E-state index contributed by atoms with van der Waals surface area (Å²) in [4.78, 5) is 25.1. The Bertz CT molecular complexity index is 290. The van der Waals surface area contributed by atoms with Crippen molar-refractivity contribution in [2.45, 2.75) is 13.8 Å². The van der Waals surface area contributed by atoms with E-state index in [0.717, 1.165) is 0 Å². The van der Waals surface area contributed by atoms with Crippen LogP contribution in [0.3, 0.4) is 0 Å². The lowest BCUT2D eigenvalue weighted by Crippen LogP contribution is -2.18. The van der Waals surface area contributed by atoms with Gasteiger partial charge in [-0.25, -0.2) is 0 Å². The summed E-state index contributed by atoms with van der Waals surface area (Å²) in [5.41, 5.74) is 0.282. The molecule has 0 aliphatic carbocycles. The second kappa shape index (κ2) is 5.03. The van der Waals surface area contributed by atoms with Gasteiger partial charge in [0, 0.05) is 6.20 Å². The fourth-order valence-corrected chi connectivity index (χ4v) is 0.725. The maximum atomic E-state index is 10.9. The molecule has 0 unspecified atom stereocenters. The Morgan fingerprint density at radius 2 is 1.92 bits per heavy atom. The number of rotatable bonds is 1. The van der Waals surface area contributed by atoms with Crippen molar-refractivity contribution < 1.29 is 9.59 Å². The minimum absolute atomic E-state index is 0.0463. The monoisotopic (exact) mass is 180 g/mol. The smallest absolute Gasteiger partial charge is 0.298 e. The number of ketones is 1. The highest BCUT2D eigenvalue weighted by atomic mass is 16.2. The summed E-state index contributed by atoms with van der Waals surface area (Å²) >= 11 is 0. The first-order chi connectivity index (χ1) is 6.16. The summed E-state index contributed by atoms with van der Waals surface area (Å²) in [6, 6.07) is 0. The van der Waals surface area contributed by atoms with Gasteiger partial charge in [-0.05, 0) is 0 Å². The van der Waals surface area contributed by atoms with Crippen LogP contribution < -0.4 is 5.32 Å². The van der Waals surface area contributed by atoms with E-state index in [9.17, 15) is 9.59 Å². The second-order valence-corrected chi connectivity index (χ2v) is 1.92. The van der Waals surface area contributed by atoms with Crippen LogP contribution in [0.15, 0.2) is 30.0 Å². The molecule has 1 saturated heterocycles. The minimum Gasteiger partial charge on any atom is -0.318 e. The Kier molecular flexibility index (Phi) is 4.37. The van der Waals surface area contributed by atoms with Crippen molar-refractivity contribution in [1.82, 2.24) is 5.32 Å². The van der Waals surface area contributed by atoms with Crippen LogP contribution in [0.5, 0.6) is 0 Å². The third-order valence-electron chi connectivity index (χ3n) is 1.19. The van der Waals surface area contributed by atoms with E-state index in [1.165, 1.54) is 6.20 Å². The van der Waals surface area contributed by atoms with Gasteiger partial charge in [-0.2, -0.15) is 0 Å². The van der Waals surface area contributed by atoms with Gasteiger partial charge in [0.25, 0.3) is 11.7 Å². The zero-order chi connectivity index (χ0) is 10.4. The summed E-state index contributed by atoms with van der Waals surface area (Å²) in [6.45, 7) is 10.7. The van der Waals surface area contributed by atoms with Gasteiger partial charge in [-0.3, -0.25) is 14.6 Å². The summed E-state index contributed by atoms with van der Waals surface area (Å²) in [6.07, 6.45) is 1.19. The van der Waals surface area contributed by atoms with Gasteiger partial charge in [-0.1, -0.05) is 27.0 Å². The number of hydrogen-bond acceptors (Lipinski definition) is 3. The van der Waals surface area contributed by atoms with Crippen LogP contribution in [0.1, 0.15) is 13.8 Å². The third-order valence-corrected chi connectivity index (χ3v) is 1.19. The van der Waals surface area contributed by atoms with Crippen molar-refractivity contribution >= 4 is 17.4 Å². The number of hydrogen-bond donors (Lipinski definition) is 1. The molecule has 1 aliphatic rings. The Morgan fingerprint density at radius 1 is 1.38 bits per heavy atom. The predicted octanol–water partition coefficient (Wildman–Crippen LogP) is 0.810. The molecule has 1 heterocycles. The van der Waals surface area contributed by atoms with E-state index in [2.05, 4.69) is 23.5 Å². The minimum atomic E-state index is -0.685. The van der Waals surface area contributed by atoms with Gasteiger partial charge in [0.15, 0.2) is 0 Å². The molecule has 0 atom stereocenters.